The van der Waals surface area contributed by atoms with Crippen LogP contribution in [0.25, 0.3) is 10.9 Å². The molecule has 3 aromatic rings. The van der Waals surface area contributed by atoms with Crippen LogP contribution in [-0.4, -0.2) is 23.3 Å². The van der Waals surface area contributed by atoms with Crippen LogP contribution in [0.3, 0.4) is 0 Å². The van der Waals surface area contributed by atoms with Gasteiger partial charge in [0.2, 0.25) is 5.92 Å². The number of para-hydroxylation sites is 1. The van der Waals surface area contributed by atoms with E-state index >= 15 is 0 Å². The molecule has 0 unspecified atom stereocenters. The van der Waals surface area contributed by atoms with Crippen LogP contribution in [-0.2, 0) is 0 Å². The summed E-state index contributed by atoms with van der Waals surface area (Å²) in [5.74, 6) is -2.59. The zero-order chi connectivity index (χ0) is 22.2. The van der Waals surface area contributed by atoms with Gasteiger partial charge in [-0.25, -0.2) is 13.8 Å². The second kappa shape index (κ2) is 8.15. The van der Waals surface area contributed by atoms with Gasteiger partial charge in [-0.2, -0.15) is 0 Å². The van der Waals surface area contributed by atoms with E-state index in [1.165, 1.54) is 24.3 Å². The minimum absolute atomic E-state index is 0.218. The van der Waals surface area contributed by atoms with E-state index in [9.17, 15) is 22.0 Å². The average Bonchev–Trinajstić information content (AvgIpc) is 2.70. The Labute approximate surface area is 180 Å². The Morgan fingerprint density at radius 1 is 0.968 bits per heavy atom. The van der Waals surface area contributed by atoms with Crippen molar-refractivity contribution >= 4 is 34.0 Å². The van der Waals surface area contributed by atoms with Gasteiger partial charge in [-0.15, -0.1) is 13.2 Å². The second-order valence-corrected chi connectivity index (χ2v) is 7.89. The largest absolute Gasteiger partial charge is 0.573 e. The number of halogens is 6. The Balaban J connectivity index is 1.73. The molecule has 0 radical (unpaired) electrons. The number of aromatic nitrogens is 1. The summed E-state index contributed by atoms with van der Waals surface area (Å²) in [4.78, 5) is 6.43. The Morgan fingerprint density at radius 2 is 1.65 bits per heavy atom. The van der Waals surface area contributed by atoms with E-state index in [2.05, 4.69) is 9.72 Å². The number of hydrogen-bond donors (Lipinski definition) is 0. The summed E-state index contributed by atoms with van der Waals surface area (Å²) in [6.07, 6.45) is -4.89. The molecule has 9 heteroatoms. The Hall–Kier alpha value is -2.61. The molecule has 2 aromatic carbocycles. The molecule has 0 aliphatic heterocycles. The van der Waals surface area contributed by atoms with Gasteiger partial charge in [0.25, 0.3) is 0 Å². The normalized spacial score (nSPS) is 17.0. The number of fused-ring (bicyclic) bond motifs is 1. The lowest BCUT2D eigenvalue weighted by Crippen LogP contribution is -2.38. The first-order valence-electron chi connectivity index (χ1n) is 9.69. The standard InChI is InChI=1S/C22H18ClF5N2O/c23-18-3-1-2-14-4-9-19(29-20(14)18)30(16-10-12-21(24,25)13-11-16)15-5-7-17(8-6-15)31-22(26,27)28/h1-9,16H,10-13H2. The summed E-state index contributed by atoms with van der Waals surface area (Å²) in [6, 6.07) is 14.0. The first kappa shape index (κ1) is 21.6. The molecule has 0 amide bonds. The fourth-order valence-electron chi connectivity index (χ4n) is 3.86. The van der Waals surface area contributed by atoms with Crippen molar-refractivity contribution < 1.29 is 26.7 Å². The number of ether oxygens (including phenoxy) is 1. The van der Waals surface area contributed by atoms with Crippen LogP contribution in [0.2, 0.25) is 5.02 Å². The zero-order valence-corrected chi connectivity index (χ0v) is 16.9. The molecule has 1 fully saturated rings. The minimum atomic E-state index is -4.80. The third kappa shape index (κ3) is 5.01. The molecule has 0 N–H and O–H groups in total. The molecule has 4 rings (SSSR count). The maximum absolute atomic E-state index is 13.7. The maximum Gasteiger partial charge on any atom is 0.573 e. The average molecular weight is 457 g/mol. The summed E-state index contributed by atoms with van der Waals surface area (Å²) in [6.45, 7) is 0. The lowest BCUT2D eigenvalue weighted by molar-refractivity contribution is -0.274. The number of pyridine rings is 1. The molecule has 1 aromatic heterocycles. The molecule has 1 aliphatic rings. The molecule has 164 valence electrons. The summed E-state index contributed by atoms with van der Waals surface area (Å²) in [7, 11) is 0. The van der Waals surface area contributed by atoms with Gasteiger partial charge in [-0.05, 0) is 55.3 Å². The summed E-state index contributed by atoms with van der Waals surface area (Å²) < 4.78 is 68.9. The number of benzene rings is 2. The maximum atomic E-state index is 13.7. The van der Waals surface area contributed by atoms with Crippen LogP contribution < -0.4 is 9.64 Å². The van der Waals surface area contributed by atoms with Crippen LogP contribution in [0.15, 0.2) is 54.6 Å². The highest BCUT2D eigenvalue weighted by Crippen LogP contribution is 2.40. The molecule has 0 spiro atoms. The van der Waals surface area contributed by atoms with Crippen molar-refractivity contribution in [1.29, 1.82) is 0 Å². The SMILES string of the molecule is FC1(F)CCC(N(c2ccc(OC(F)(F)F)cc2)c2ccc3cccc(Cl)c3n2)CC1. The van der Waals surface area contributed by atoms with Gasteiger partial charge >= 0.3 is 6.36 Å². The molecule has 0 saturated heterocycles. The second-order valence-electron chi connectivity index (χ2n) is 7.48. The van der Waals surface area contributed by atoms with Gasteiger partial charge in [0, 0.05) is 30.0 Å². The fourth-order valence-corrected chi connectivity index (χ4v) is 4.08. The van der Waals surface area contributed by atoms with Gasteiger partial charge < -0.3 is 9.64 Å². The molecule has 1 heterocycles. The van der Waals surface area contributed by atoms with Gasteiger partial charge in [0.1, 0.15) is 11.6 Å². The van der Waals surface area contributed by atoms with E-state index < -0.39 is 12.3 Å². The summed E-state index contributed by atoms with van der Waals surface area (Å²) >= 11 is 6.28. The van der Waals surface area contributed by atoms with Crippen LogP contribution in [0, 0.1) is 0 Å². The lowest BCUT2D eigenvalue weighted by Gasteiger charge is -2.37. The Morgan fingerprint density at radius 3 is 2.29 bits per heavy atom. The van der Waals surface area contributed by atoms with E-state index in [0.29, 0.717) is 22.0 Å². The quantitative estimate of drug-likeness (QED) is 0.380. The third-order valence-corrected chi connectivity index (χ3v) is 5.61. The van der Waals surface area contributed by atoms with Crippen molar-refractivity contribution in [2.75, 3.05) is 4.90 Å². The molecule has 31 heavy (non-hydrogen) atoms. The van der Waals surface area contributed by atoms with Crippen molar-refractivity contribution in [1.82, 2.24) is 4.98 Å². The highest BCUT2D eigenvalue weighted by molar-refractivity contribution is 6.35. The smallest absolute Gasteiger partial charge is 0.406 e. The molecule has 3 nitrogen and oxygen atoms in total. The van der Waals surface area contributed by atoms with E-state index in [4.69, 9.17) is 11.6 Å². The van der Waals surface area contributed by atoms with Crippen molar-refractivity contribution in [3.05, 3.63) is 59.6 Å². The molecular formula is C22H18ClF5N2O. The van der Waals surface area contributed by atoms with E-state index in [-0.39, 0.29) is 37.5 Å². The first-order valence-corrected chi connectivity index (χ1v) is 10.1. The van der Waals surface area contributed by atoms with Crippen LogP contribution in [0.5, 0.6) is 5.75 Å². The molecule has 1 saturated carbocycles. The number of anilines is 2. The Bertz CT molecular complexity index is 1060. The number of hydrogen-bond acceptors (Lipinski definition) is 3. The third-order valence-electron chi connectivity index (χ3n) is 5.30. The zero-order valence-electron chi connectivity index (χ0n) is 16.2. The monoisotopic (exact) mass is 456 g/mol. The van der Waals surface area contributed by atoms with Crippen LogP contribution >= 0.6 is 11.6 Å². The lowest BCUT2D eigenvalue weighted by atomic mass is 9.90. The molecular weight excluding hydrogens is 439 g/mol. The van der Waals surface area contributed by atoms with E-state index in [0.717, 1.165) is 5.39 Å². The van der Waals surface area contributed by atoms with E-state index in [1.54, 1.807) is 23.1 Å². The molecule has 0 bridgehead atoms. The van der Waals surface area contributed by atoms with E-state index in [1.807, 2.05) is 12.1 Å². The van der Waals surface area contributed by atoms with Gasteiger partial charge in [-0.3, -0.25) is 0 Å². The van der Waals surface area contributed by atoms with Gasteiger partial charge in [0.15, 0.2) is 0 Å². The Kier molecular flexibility index (Phi) is 5.68. The van der Waals surface area contributed by atoms with Crippen LogP contribution in [0.4, 0.5) is 33.5 Å². The highest BCUT2D eigenvalue weighted by atomic mass is 35.5. The predicted octanol–water partition coefficient (Wildman–Crippen LogP) is 7.50. The predicted molar refractivity (Wildman–Crippen MR) is 109 cm³/mol. The molecule has 0 atom stereocenters. The van der Waals surface area contributed by atoms with Crippen molar-refractivity contribution in [2.24, 2.45) is 0 Å². The first-order chi connectivity index (χ1) is 14.6. The summed E-state index contributed by atoms with van der Waals surface area (Å²) in [5, 5.41) is 1.27. The fraction of sp³-hybridized carbons (Fsp3) is 0.318. The number of nitrogens with zero attached hydrogens (tertiary/aromatic N) is 2. The molecule has 1 aliphatic carbocycles. The van der Waals surface area contributed by atoms with Crippen molar-refractivity contribution in [2.45, 2.75) is 44.0 Å². The highest BCUT2D eigenvalue weighted by Gasteiger charge is 2.38. The number of rotatable bonds is 4. The number of alkyl halides is 5. The van der Waals surface area contributed by atoms with Crippen molar-refractivity contribution in [3.8, 4) is 5.75 Å². The van der Waals surface area contributed by atoms with Crippen LogP contribution in [0.1, 0.15) is 25.7 Å². The van der Waals surface area contributed by atoms with Gasteiger partial charge in [-0.1, -0.05) is 23.7 Å². The summed E-state index contributed by atoms with van der Waals surface area (Å²) in [5.41, 5.74) is 1.09. The van der Waals surface area contributed by atoms with Gasteiger partial charge in [0.05, 0.1) is 10.5 Å². The van der Waals surface area contributed by atoms with Crippen molar-refractivity contribution in [3.63, 3.8) is 0 Å². The minimum Gasteiger partial charge on any atom is -0.406 e. The topological polar surface area (TPSA) is 25.4 Å².